The zero-order valence-corrected chi connectivity index (χ0v) is 20.3. The van der Waals surface area contributed by atoms with E-state index < -0.39 is 0 Å². The maximum Gasteiger partial charge on any atom is 0.293 e. The predicted molar refractivity (Wildman–Crippen MR) is 147 cm³/mol. The molecule has 0 radical (unpaired) electrons. The molecule has 0 aliphatic carbocycles. The van der Waals surface area contributed by atoms with Gasteiger partial charge in [0.15, 0.2) is 0 Å². The number of hydrogen-bond donors (Lipinski definition) is 2. The van der Waals surface area contributed by atoms with E-state index in [9.17, 15) is 4.79 Å². The lowest BCUT2D eigenvalue weighted by Crippen LogP contribution is -1.95. The first kappa shape index (κ1) is 23.3. The molecule has 0 spiro atoms. The SMILES string of the molecule is C=CC1=Cc2cc3cc(CCC)c(cc4[nH]c(cc5nc(cc1n2)C(C=C)=C5)cc4CCOC=O)[nH]3. The first-order valence-corrected chi connectivity index (χ1v) is 12.1. The number of nitrogens with zero attached hydrogens (tertiary/aromatic N) is 2. The molecular weight excluding hydrogens is 448 g/mol. The fourth-order valence-electron chi connectivity index (χ4n) is 4.62. The number of aromatic nitrogens is 4. The minimum Gasteiger partial charge on any atom is -0.468 e. The number of hydrogen-bond acceptors (Lipinski definition) is 4. The summed E-state index contributed by atoms with van der Waals surface area (Å²) < 4.78 is 4.98. The topological polar surface area (TPSA) is 83.7 Å². The van der Waals surface area contributed by atoms with Gasteiger partial charge < -0.3 is 14.7 Å². The van der Waals surface area contributed by atoms with Crippen LogP contribution in [-0.4, -0.2) is 33.0 Å². The van der Waals surface area contributed by atoms with Crippen molar-refractivity contribution in [3.05, 3.63) is 95.6 Å². The van der Waals surface area contributed by atoms with Crippen LogP contribution in [0.25, 0.3) is 45.4 Å². The van der Waals surface area contributed by atoms with E-state index in [1.807, 2.05) is 30.4 Å². The van der Waals surface area contributed by atoms with Gasteiger partial charge in [0.25, 0.3) is 6.47 Å². The van der Waals surface area contributed by atoms with Crippen LogP contribution in [0, 0.1) is 0 Å². The summed E-state index contributed by atoms with van der Waals surface area (Å²) in [4.78, 5) is 27.5. The zero-order chi connectivity index (χ0) is 25.1. The third kappa shape index (κ3) is 4.70. The molecule has 5 heterocycles. The smallest absolute Gasteiger partial charge is 0.293 e. The molecule has 3 aromatic heterocycles. The lowest BCUT2D eigenvalue weighted by atomic mass is 10.1. The van der Waals surface area contributed by atoms with Crippen LogP contribution in [0.3, 0.4) is 0 Å². The first-order chi connectivity index (χ1) is 17.6. The molecule has 2 N–H and O–H groups in total. The Morgan fingerprint density at radius 1 is 0.806 bits per heavy atom. The van der Waals surface area contributed by atoms with Crippen molar-refractivity contribution in [2.45, 2.75) is 26.2 Å². The van der Waals surface area contributed by atoms with Gasteiger partial charge in [0.05, 0.1) is 29.4 Å². The third-order valence-electron chi connectivity index (χ3n) is 6.29. The Kier molecular flexibility index (Phi) is 6.50. The van der Waals surface area contributed by atoms with E-state index in [0.717, 1.165) is 74.4 Å². The van der Waals surface area contributed by atoms with Gasteiger partial charge in [-0.25, -0.2) is 9.97 Å². The normalized spacial score (nSPS) is 12.6. The molecule has 180 valence electrons. The molecule has 0 unspecified atom stereocenters. The highest BCUT2D eigenvalue weighted by Gasteiger charge is 2.13. The average Bonchev–Trinajstić information content (AvgIpc) is 3.62. The van der Waals surface area contributed by atoms with Gasteiger partial charge in [0, 0.05) is 39.6 Å². The summed E-state index contributed by atoms with van der Waals surface area (Å²) in [6.45, 7) is 10.9. The molecule has 0 atom stereocenters. The van der Waals surface area contributed by atoms with Gasteiger partial charge in [-0.1, -0.05) is 38.7 Å². The summed E-state index contributed by atoms with van der Waals surface area (Å²) in [6.07, 6.45) is 10.3. The minimum absolute atomic E-state index is 0.317. The highest BCUT2D eigenvalue weighted by molar-refractivity contribution is 5.92. The number of allylic oxidation sites excluding steroid dienone is 4. The van der Waals surface area contributed by atoms with Crippen LogP contribution >= 0.6 is 0 Å². The van der Waals surface area contributed by atoms with E-state index in [-0.39, 0.29) is 0 Å². The van der Waals surface area contributed by atoms with Gasteiger partial charge >= 0.3 is 0 Å². The molecule has 6 nitrogen and oxygen atoms in total. The molecule has 2 aliphatic rings. The molecule has 2 aliphatic heterocycles. The molecule has 0 aromatic carbocycles. The van der Waals surface area contributed by atoms with Crippen molar-refractivity contribution in [2.24, 2.45) is 0 Å². The van der Waals surface area contributed by atoms with Crippen molar-refractivity contribution in [1.29, 1.82) is 0 Å². The molecule has 5 rings (SSSR count). The van der Waals surface area contributed by atoms with Crippen molar-refractivity contribution in [3.63, 3.8) is 0 Å². The summed E-state index contributed by atoms with van der Waals surface area (Å²) in [5.74, 6) is 0. The molecular formula is C30H28N4O2. The van der Waals surface area contributed by atoms with Gasteiger partial charge in [-0.3, -0.25) is 4.79 Å². The number of carbonyl (C=O) groups is 1. The number of aryl methyl sites for hydroxylation is 1. The standard InChI is InChI=1S/C30H28N4O2/c1-4-7-21-12-25-14-23-10-19(5-2)27(31-23)16-28-20(6-3)11-24(32-28)15-26-13-22(8-9-36-18-35)30(34-26)17-29(21)33-25/h5-6,10-18,33-34H,2-4,7-9H2,1H3. The maximum atomic E-state index is 10.7. The van der Waals surface area contributed by atoms with Crippen LogP contribution in [-0.2, 0) is 22.4 Å². The van der Waals surface area contributed by atoms with E-state index in [0.29, 0.717) is 19.5 Å². The Balaban J connectivity index is 1.83. The highest BCUT2D eigenvalue weighted by atomic mass is 16.5. The highest BCUT2D eigenvalue weighted by Crippen LogP contribution is 2.28. The van der Waals surface area contributed by atoms with Crippen molar-refractivity contribution in [1.82, 2.24) is 19.9 Å². The number of carbonyl (C=O) groups excluding carboxylic acids is 1. The third-order valence-corrected chi connectivity index (χ3v) is 6.29. The van der Waals surface area contributed by atoms with Crippen LogP contribution < -0.4 is 0 Å². The van der Waals surface area contributed by atoms with Crippen LogP contribution in [0.1, 0.15) is 47.2 Å². The second-order valence-corrected chi connectivity index (χ2v) is 8.82. The summed E-state index contributed by atoms with van der Waals surface area (Å²) in [5, 5.41) is 0. The fourth-order valence-corrected chi connectivity index (χ4v) is 4.62. The summed E-state index contributed by atoms with van der Waals surface area (Å²) >= 11 is 0. The molecule has 3 aromatic rings. The average molecular weight is 477 g/mol. The minimum atomic E-state index is 0.317. The van der Waals surface area contributed by atoms with Crippen molar-refractivity contribution in [3.8, 4) is 0 Å². The largest absolute Gasteiger partial charge is 0.468 e. The molecule has 8 bridgehead atoms. The van der Waals surface area contributed by atoms with Crippen molar-refractivity contribution < 1.29 is 9.53 Å². The predicted octanol–water partition coefficient (Wildman–Crippen LogP) is 6.44. The molecule has 0 amide bonds. The van der Waals surface area contributed by atoms with E-state index in [2.05, 4.69) is 54.3 Å². The Hall–Kier alpha value is -4.45. The number of fused-ring (bicyclic) bond motifs is 8. The molecule has 0 fully saturated rings. The van der Waals surface area contributed by atoms with Crippen molar-refractivity contribution >= 4 is 51.8 Å². The summed E-state index contributed by atoms with van der Waals surface area (Å²) in [7, 11) is 0. The number of ether oxygens (including phenoxy) is 1. The molecule has 36 heavy (non-hydrogen) atoms. The van der Waals surface area contributed by atoms with E-state index >= 15 is 0 Å². The summed E-state index contributed by atoms with van der Waals surface area (Å²) in [5.41, 5.74) is 11.4. The quantitative estimate of drug-likeness (QED) is 0.290. The summed E-state index contributed by atoms with van der Waals surface area (Å²) in [6, 6.07) is 12.4. The maximum absolute atomic E-state index is 10.7. The second-order valence-electron chi connectivity index (χ2n) is 8.82. The van der Waals surface area contributed by atoms with Gasteiger partial charge in [-0.15, -0.1) is 0 Å². The number of nitrogens with one attached hydrogen (secondary N) is 2. The first-order valence-electron chi connectivity index (χ1n) is 12.1. The van der Waals surface area contributed by atoms with Gasteiger partial charge in [-0.05, 0) is 66.1 Å². The van der Waals surface area contributed by atoms with Gasteiger partial charge in [0.1, 0.15) is 0 Å². The van der Waals surface area contributed by atoms with Crippen LogP contribution in [0.5, 0.6) is 0 Å². The van der Waals surface area contributed by atoms with Crippen LogP contribution in [0.2, 0.25) is 0 Å². The molecule has 6 heteroatoms. The van der Waals surface area contributed by atoms with Crippen LogP contribution in [0.4, 0.5) is 0 Å². The number of rotatable bonds is 8. The number of H-pyrrole nitrogens is 2. The Labute approximate surface area is 209 Å². The Bertz CT molecular complexity index is 1580. The lowest BCUT2D eigenvalue weighted by molar-refractivity contribution is -0.128. The van der Waals surface area contributed by atoms with Crippen LogP contribution in [0.15, 0.2) is 61.7 Å². The Morgan fingerprint density at radius 2 is 1.36 bits per heavy atom. The van der Waals surface area contributed by atoms with Gasteiger partial charge in [0.2, 0.25) is 0 Å². The van der Waals surface area contributed by atoms with Crippen molar-refractivity contribution in [2.75, 3.05) is 6.61 Å². The zero-order valence-electron chi connectivity index (χ0n) is 20.3. The van der Waals surface area contributed by atoms with Gasteiger partial charge in [-0.2, -0.15) is 0 Å². The fraction of sp³-hybridized carbons (Fsp3) is 0.167. The van der Waals surface area contributed by atoms with E-state index in [1.54, 1.807) is 6.08 Å². The number of aromatic amines is 2. The molecule has 0 saturated carbocycles. The Morgan fingerprint density at radius 3 is 1.86 bits per heavy atom. The van der Waals surface area contributed by atoms with E-state index in [4.69, 9.17) is 14.7 Å². The van der Waals surface area contributed by atoms with E-state index in [1.165, 1.54) is 5.56 Å². The monoisotopic (exact) mass is 476 g/mol. The lowest BCUT2D eigenvalue weighted by Gasteiger charge is -1.98. The molecule has 0 saturated heterocycles. The second kappa shape index (κ2) is 10.0.